The van der Waals surface area contributed by atoms with Crippen LogP contribution in [0.3, 0.4) is 0 Å². The number of benzene rings is 1. The summed E-state index contributed by atoms with van der Waals surface area (Å²) in [5.41, 5.74) is 1.03. The van der Waals surface area contributed by atoms with Crippen molar-refractivity contribution in [1.29, 1.82) is 0 Å². The maximum atomic E-state index is 13.7. The predicted octanol–water partition coefficient (Wildman–Crippen LogP) is 3.20. The molecule has 0 N–H and O–H groups in total. The molecule has 0 saturated carbocycles. The third-order valence-corrected chi connectivity index (χ3v) is 2.48. The Morgan fingerprint density at radius 1 is 1.27 bits per heavy atom. The van der Waals surface area contributed by atoms with Gasteiger partial charge in [-0.15, -0.1) is 0 Å². The number of nitrogens with zero attached hydrogens (tertiary/aromatic N) is 2. The SMILES string of the molecule is Cc1cc2ncn(C(C)C)c2c(F)c1F. The Bertz CT molecular complexity index is 515. The van der Waals surface area contributed by atoms with Gasteiger partial charge >= 0.3 is 0 Å². The molecule has 15 heavy (non-hydrogen) atoms. The molecule has 2 aromatic rings. The van der Waals surface area contributed by atoms with Gasteiger partial charge in [0.05, 0.1) is 11.8 Å². The number of aryl methyl sites for hydroxylation is 1. The van der Waals surface area contributed by atoms with Crippen LogP contribution in [0.2, 0.25) is 0 Å². The Balaban J connectivity index is 2.85. The molecule has 2 nitrogen and oxygen atoms in total. The van der Waals surface area contributed by atoms with Gasteiger partial charge in [0.1, 0.15) is 5.52 Å². The Kier molecular flexibility index (Phi) is 2.21. The molecule has 0 aliphatic heterocycles. The summed E-state index contributed by atoms with van der Waals surface area (Å²) >= 11 is 0. The monoisotopic (exact) mass is 210 g/mol. The van der Waals surface area contributed by atoms with E-state index in [9.17, 15) is 8.78 Å². The van der Waals surface area contributed by atoms with Crippen LogP contribution in [0.25, 0.3) is 11.0 Å². The quantitative estimate of drug-likeness (QED) is 0.706. The number of fused-ring (bicyclic) bond motifs is 1. The molecule has 0 bridgehead atoms. The minimum atomic E-state index is -0.809. The maximum absolute atomic E-state index is 13.7. The van der Waals surface area contributed by atoms with E-state index >= 15 is 0 Å². The molecule has 0 radical (unpaired) electrons. The van der Waals surface area contributed by atoms with E-state index in [-0.39, 0.29) is 17.1 Å². The van der Waals surface area contributed by atoms with Crippen LogP contribution >= 0.6 is 0 Å². The molecule has 4 heteroatoms. The van der Waals surface area contributed by atoms with Gasteiger partial charge in [0.2, 0.25) is 0 Å². The zero-order valence-corrected chi connectivity index (χ0v) is 8.88. The van der Waals surface area contributed by atoms with Gasteiger partial charge in [-0.2, -0.15) is 0 Å². The van der Waals surface area contributed by atoms with Crippen molar-refractivity contribution in [3.63, 3.8) is 0 Å². The summed E-state index contributed by atoms with van der Waals surface area (Å²) < 4.78 is 28.7. The zero-order chi connectivity index (χ0) is 11.2. The summed E-state index contributed by atoms with van der Waals surface area (Å²) in [6.45, 7) is 5.34. The normalized spacial score (nSPS) is 11.6. The third-order valence-electron chi connectivity index (χ3n) is 2.48. The predicted molar refractivity (Wildman–Crippen MR) is 54.8 cm³/mol. The average Bonchev–Trinajstić information content (AvgIpc) is 2.58. The fourth-order valence-corrected chi connectivity index (χ4v) is 1.64. The number of imidazole rings is 1. The molecule has 0 aliphatic carbocycles. The molecule has 1 aromatic carbocycles. The summed E-state index contributed by atoms with van der Waals surface area (Å²) in [5.74, 6) is -1.60. The highest BCUT2D eigenvalue weighted by atomic mass is 19.2. The van der Waals surface area contributed by atoms with Gasteiger partial charge in [-0.1, -0.05) is 0 Å². The van der Waals surface area contributed by atoms with Crippen molar-refractivity contribution in [3.05, 3.63) is 29.6 Å². The zero-order valence-electron chi connectivity index (χ0n) is 8.88. The van der Waals surface area contributed by atoms with Gasteiger partial charge in [-0.05, 0) is 32.4 Å². The first-order valence-electron chi connectivity index (χ1n) is 4.83. The molecule has 0 fully saturated rings. The number of halogens is 2. The fraction of sp³-hybridized carbons (Fsp3) is 0.364. The number of aromatic nitrogens is 2. The average molecular weight is 210 g/mol. The minimum absolute atomic E-state index is 0.0617. The van der Waals surface area contributed by atoms with Gasteiger partial charge in [-0.3, -0.25) is 0 Å². The van der Waals surface area contributed by atoms with Crippen LogP contribution in [0.5, 0.6) is 0 Å². The largest absolute Gasteiger partial charge is 0.326 e. The van der Waals surface area contributed by atoms with Crippen LogP contribution in [0.15, 0.2) is 12.4 Å². The molecular formula is C11H12F2N2. The van der Waals surface area contributed by atoms with E-state index in [0.29, 0.717) is 5.52 Å². The highest BCUT2D eigenvalue weighted by Gasteiger charge is 2.16. The lowest BCUT2D eigenvalue weighted by molar-refractivity contribution is 0.501. The third kappa shape index (κ3) is 1.40. The Morgan fingerprint density at radius 3 is 2.53 bits per heavy atom. The van der Waals surface area contributed by atoms with Gasteiger partial charge < -0.3 is 4.57 Å². The van der Waals surface area contributed by atoms with Crippen LogP contribution in [-0.4, -0.2) is 9.55 Å². The first kappa shape index (κ1) is 10.1. The van der Waals surface area contributed by atoms with Crippen LogP contribution in [0.4, 0.5) is 8.78 Å². The van der Waals surface area contributed by atoms with Crippen molar-refractivity contribution in [2.75, 3.05) is 0 Å². The summed E-state index contributed by atoms with van der Waals surface area (Å²) in [7, 11) is 0. The Morgan fingerprint density at radius 2 is 1.93 bits per heavy atom. The van der Waals surface area contributed by atoms with Crippen molar-refractivity contribution in [2.45, 2.75) is 26.8 Å². The van der Waals surface area contributed by atoms with Crippen molar-refractivity contribution in [2.24, 2.45) is 0 Å². The first-order valence-corrected chi connectivity index (χ1v) is 4.83. The second-order valence-electron chi connectivity index (χ2n) is 3.93. The second kappa shape index (κ2) is 3.29. The maximum Gasteiger partial charge on any atom is 0.184 e. The second-order valence-corrected chi connectivity index (χ2v) is 3.93. The number of hydrogen-bond donors (Lipinski definition) is 0. The van der Waals surface area contributed by atoms with Crippen LogP contribution in [-0.2, 0) is 0 Å². The highest BCUT2D eigenvalue weighted by molar-refractivity contribution is 5.77. The molecule has 2 rings (SSSR count). The standard InChI is InChI=1S/C11H12F2N2/c1-6(2)15-5-14-8-4-7(3)9(12)10(13)11(8)15/h4-6H,1-3H3. The summed E-state index contributed by atoms with van der Waals surface area (Å²) in [6, 6.07) is 1.62. The molecule has 0 spiro atoms. The lowest BCUT2D eigenvalue weighted by Gasteiger charge is -2.09. The molecule has 0 amide bonds. The van der Waals surface area contributed by atoms with Crippen molar-refractivity contribution in [3.8, 4) is 0 Å². The van der Waals surface area contributed by atoms with E-state index in [2.05, 4.69) is 4.98 Å². The summed E-state index contributed by atoms with van der Waals surface area (Å²) in [5, 5.41) is 0. The fourth-order valence-electron chi connectivity index (χ4n) is 1.64. The molecule has 0 saturated heterocycles. The van der Waals surface area contributed by atoms with Crippen LogP contribution in [0.1, 0.15) is 25.5 Å². The van der Waals surface area contributed by atoms with Crippen molar-refractivity contribution >= 4 is 11.0 Å². The van der Waals surface area contributed by atoms with Crippen molar-refractivity contribution < 1.29 is 8.78 Å². The van der Waals surface area contributed by atoms with Gasteiger partial charge in [-0.25, -0.2) is 13.8 Å². The number of rotatable bonds is 1. The molecule has 1 aromatic heterocycles. The van der Waals surface area contributed by atoms with Crippen molar-refractivity contribution in [1.82, 2.24) is 9.55 Å². The molecular weight excluding hydrogens is 198 g/mol. The van der Waals surface area contributed by atoms with Crippen LogP contribution in [0, 0.1) is 18.6 Å². The summed E-state index contributed by atoms with van der Waals surface area (Å²) in [6.07, 6.45) is 1.54. The lowest BCUT2D eigenvalue weighted by atomic mass is 10.2. The summed E-state index contributed by atoms with van der Waals surface area (Å²) in [4.78, 5) is 4.06. The molecule has 1 heterocycles. The van der Waals surface area contributed by atoms with E-state index in [1.807, 2.05) is 13.8 Å². The molecule has 0 aliphatic rings. The Labute approximate surface area is 86.5 Å². The van der Waals surface area contributed by atoms with Gasteiger partial charge in [0, 0.05) is 6.04 Å². The van der Waals surface area contributed by atoms with Gasteiger partial charge in [0.15, 0.2) is 11.6 Å². The minimum Gasteiger partial charge on any atom is -0.326 e. The topological polar surface area (TPSA) is 17.8 Å². The van der Waals surface area contributed by atoms with E-state index in [1.165, 1.54) is 13.3 Å². The number of hydrogen-bond acceptors (Lipinski definition) is 1. The van der Waals surface area contributed by atoms with E-state index < -0.39 is 11.6 Å². The van der Waals surface area contributed by atoms with Gasteiger partial charge in [0.25, 0.3) is 0 Å². The molecule has 0 atom stereocenters. The highest BCUT2D eigenvalue weighted by Crippen LogP contribution is 2.24. The van der Waals surface area contributed by atoms with E-state index in [4.69, 9.17) is 0 Å². The lowest BCUT2D eigenvalue weighted by Crippen LogP contribution is -2.01. The van der Waals surface area contributed by atoms with E-state index in [1.54, 1.807) is 10.6 Å². The molecule has 80 valence electrons. The Hall–Kier alpha value is -1.45. The first-order chi connectivity index (χ1) is 7.02. The smallest absolute Gasteiger partial charge is 0.184 e. The van der Waals surface area contributed by atoms with Crippen LogP contribution < -0.4 is 0 Å². The molecule has 0 unspecified atom stereocenters. The van der Waals surface area contributed by atoms with E-state index in [0.717, 1.165) is 0 Å².